The highest BCUT2D eigenvalue weighted by Gasteiger charge is 2.24. The summed E-state index contributed by atoms with van der Waals surface area (Å²) in [6.07, 6.45) is 2.66. The Morgan fingerprint density at radius 1 is 1.38 bits per heavy atom. The summed E-state index contributed by atoms with van der Waals surface area (Å²) in [5, 5.41) is 12.2. The number of primary amides is 1. The summed E-state index contributed by atoms with van der Waals surface area (Å²) in [7, 11) is 0. The molecule has 8 nitrogen and oxygen atoms in total. The third kappa shape index (κ3) is 6.19. The van der Waals surface area contributed by atoms with Crippen molar-refractivity contribution in [2.45, 2.75) is 55.7 Å². The van der Waals surface area contributed by atoms with Crippen LogP contribution in [0.4, 0.5) is 5.69 Å². The van der Waals surface area contributed by atoms with Gasteiger partial charge in [-0.25, -0.2) is 0 Å². The van der Waals surface area contributed by atoms with Crippen LogP contribution >= 0.6 is 23.4 Å². The highest BCUT2D eigenvalue weighted by molar-refractivity contribution is 8.00. The number of anilines is 1. The molecule has 3 N–H and O–H groups in total. The third-order valence-corrected chi connectivity index (χ3v) is 5.89. The molecule has 1 fully saturated rings. The molecule has 2 heterocycles. The fourth-order valence-corrected chi connectivity index (χ4v) is 3.99. The molecule has 0 saturated carbocycles. The summed E-state index contributed by atoms with van der Waals surface area (Å²) >= 11 is 7.20. The second-order valence-corrected chi connectivity index (χ2v) is 8.61. The fraction of sp³-hybridized carbons (Fsp3) is 0.474. The van der Waals surface area contributed by atoms with Crippen molar-refractivity contribution >= 4 is 40.9 Å². The van der Waals surface area contributed by atoms with E-state index in [9.17, 15) is 9.59 Å². The molecule has 2 aromatic rings. The van der Waals surface area contributed by atoms with E-state index in [1.165, 1.54) is 11.8 Å². The minimum absolute atomic E-state index is 0.0795. The molecule has 1 aromatic carbocycles. The van der Waals surface area contributed by atoms with E-state index < -0.39 is 5.25 Å². The van der Waals surface area contributed by atoms with Crippen molar-refractivity contribution in [3.05, 3.63) is 35.1 Å². The van der Waals surface area contributed by atoms with Crippen LogP contribution < -0.4 is 11.1 Å². The summed E-state index contributed by atoms with van der Waals surface area (Å²) in [5.41, 5.74) is 5.95. The van der Waals surface area contributed by atoms with Crippen molar-refractivity contribution in [2.24, 2.45) is 5.73 Å². The zero-order valence-corrected chi connectivity index (χ0v) is 17.7. The van der Waals surface area contributed by atoms with Crippen LogP contribution in [-0.4, -0.2) is 44.5 Å². The van der Waals surface area contributed by atoms with E-state index in [1.54, 1.807) is 24.3 Å². The summed E-state index contributed by atoms with van der Waals surface area (Å²) in [6, 6.07) is 6.94. The van der Waals surface area contributed by atoms with Crippen molar-refractivity contribution < 1.29 is 14.3 Å². The maximum Gasteiger partial charge on any atom is 0.237 e. The van der Waals surface area contributed by atoms with Gasteiger partial charge in [-0.2, -0.15) is 0 Å². The number of halogens is 1. The molecular weight excluding hydrogens is 414 g/mol. The van der Waals surface area contributed by atoms with Crippen LogP contribution in [0.25, 0.3) is 0 Å². The molecule has 0 aliphatic carbocycles. The number of amides is 2. The van der Waals surface area contributed by atoms with Gasteiger partial charge in [0, 0.05) is 30.2 Å². The SMILES string of the molecule is CC(Sc1nnc(CCC(N)=O)n1CC1CCCO1)C(=O)Nc1ccc(Cl)cc1. The van der Waals surface area contributed by atoms with E-state index in [0.29, 0.717) is 34.7 Å². The number of nitrogens with two attached hydrogens (primary N) is 1. The molecule has 0 radical (unpaired) electrons. The number of aromatic nitrogens is 3. The number of aryl methyl sites for hydroxylation is 1. The average Bonchev–Trinajstić information content (AvgIpc) is 3.33. The number of benzene rings is 1. The summed E-state index contributed by atoms with van der Waals surface area (Å²) < 4.78 is 7.68. The molecule has 2 amide bonds. The van der Waals surface area contributed by atoms with Crippen LogP contribution in [0.2, 0.25) is 5.02 Å². The predicted molar refractivity (Wildman–Crippen MR) is 112 cm³/mol. The first-order valence-electron chi connectivity index (χ1n) is 9.47. The summed E-state index contributed by atoms with van der Waals surface area (Å²) in [5.74, 6) is 0.136. The van der Waals surface area contributed by atoms with Crippen LogP contribution in [0.15, 0.2) is 29.4 Å². The van der Waals surface area contributed by atoms with Gasteiger partial charge >= 0.3 is 0 Å². The Morgan fingerprint density at radius 3 is 2.79 bits per heavy atom. The van der Waals surface area contributed by atoms with Gasteiger partial charge in [-0.15, -0.1) is 10.2 Å². The smallest absolute Gasteiger partial charge is 0.237 e. The molecule has 156 valence electrons. The second kappa shape index (κ2) is 10.1. The lowest BCUT2D eigenvalue weighted by molar-refractivity contribution is -0.118. The standard InChI is InChI=1S/C19H24ClN5O3S/c1-12(18(27)22-14-6-4-13(20)5-7-14)29-19-24-23-17(9-8-16(21)26)25(19)11-15-3-2-10-28-15/h4-7,12,15H,2-3,8-11H2,1H3,(H2,21,26)(H,22,27). The lowest BCUT2D eigenvalue weighted by Crippen LogP contribution is -2.24. The van der Waals surface area contributed by atoms with E-state index in [1.807, 2.05) is 11.5 Å². The highest BCUT2D eigenvalue weighted by atomic mass is 35.5. The molecule has 1 aliphatic rings. The van der Waals surface area contributed by atoms with Crippen LogP contribution in [0.3, 0.4) is 0 Å². The van der Waals surface area contributed by atoms with Crippen LogP contribution in [0, 0.1) is 0 Å². The number of thioether (sulfide) groups is 1. The molecular formula is C19H24ClN5O3S. The minimum atomic E-state index is -0.401. The molecule has 2 atom stereocenters. The molecule has 1 aromatic heterocycles. The lowest BCUT2D eigenvalue weighted by Gasteiger charge is -2.16. The molecule has 10 heteroatoms. The number of ether oxygens (including phenoxy) is 1. The maximum atomic E-state index is 12.6. The first-order chi connectivity index (χ1) is 13.9. The number of nitrogens with one attached hydrogen (secondary N) is 1. The van der Waals surface area contributed by atoms with Gasteiger partial charge in [0.15, 0.2) is 5.16 Å². The van der Waals surface area contributed by atoms with Gasteiger partial charge in [0.05, 0.1) is 17.9 Å². The van der Waals surface area contributed by atoms with Crippen LogP contribution in [-0.2, 0) is 27.3 Å². The number of hydrogen-bond acceptors (Lipinski definition) is 6. The molecule has 0 spiro atoms. The minimum Gasteiger partial charge on any atom is -0.376 e. The topological polar surface area (TPSA) is 112 Å². The lowest BCUT2D eigenvalue weighted by atomic mass is 10.2. The van der Waals surface area contributed by atoms with Crippen molar-refractivity contribution in [2.75, 3.05) is 11.9 Å². The van der Waals surface area contributed by atoms with Gasteiger partial charge in [0.1, 0.15) is 5.82 Å². The Kier molecular flexibility index (Phi) is 7.51. The maximum absolute atomic E-state index is 12.6. The molecule has 29 heavy (non-hydrogen) atoms. The molecule has 1 aliphatic heterocycles. The highest BCUT2D eigenvalue weighted by Crippen LogP contribution is 2.26. The Morgan fingerprint density at radius 2 is 2.14 bits per heavy atom. The van der Waals surface area contributed by atoms with Crippen LogP contribution in [0.5, 0.6) is 0 Å². The van der Waals surface area contributed by atoms with E-state index in [2.05, 4.69) is 15.5 Å². The Balaban J connectivity index is 1.69. The molecule has 3 rings (SSSR count). The number of hydrogen-bond donors (Lipinski definition) is 2. The first kappa shape index (κ1) is 21.6. The zero-order chi connectivity index (χ0) is 20.8. The molecule has 2 unspecified atom stereocenters. The second-order valence-electron chi connectivity index (χ2n) is 6.87. The number of carbonyl (C=O) groups is 2. The number of rotatable bonds is 9. The van der Waals surface area contributed by atoms with Gasteiger partial charge < -0.3 is 20.4 Å². The summed E-state index contributed by atoms with van der Waals surface area (Å²) in [4.78, 5) is 23.7. The third-order valence-electron chi connectivity index (χ3n) is 4.56. The number of nitrogens with zero attached hydrogens (tertiary/aromatic N) is 3. The predicted octanol–water partition coefficient (Wildman–Crippen LogP) is 2.65. The van der Waals surface area contributed by atoms with E-state index in [-0.39, 0.29) is 24.3 Å². The van der Waals surface area contributed by atoms with E-state index >= 15 is 0 Å². The zero-order valence-electron chi connectivity index (χ0n) is 16.1. The quantitative estimate of drug-likeness (QED) is 0.583. The van der Waals surface area contributed by atoms with Gasteiger partial charge in [-0.1, -0.05) is 23.4 Å². The number of carbonyl (C=O) groups excluding carboxylic acids is 2. The van der Waals surface area contributed by atoms with E-state index in [0.717, 1.165) is 19.4 Å². The van der Waals surface area contributed by atoms with E-state index in [4.69, 9.17) is 22.1 Å². The fourth-order valence-electron chi connectivity index (χ4n) is 2.99. The summed E-state index contributed by atoms with van der Waals surface area (Å²) in [6.45, 7) is 3.14. The molecule has 1 saturated heterocycles. The monoisotopic (exact) mass is 437 g/mol. The van der Waals surface area contributed by atoms with Crippen molar-refractivity contribution in [1.29, 1.82) is 0 Å². The normalized spacial score (nSPS) is 17.2. The van der Waals surface area contributed by atoms with Gasteiger partial charge in [-0.05, 0) is 44.0 Å². The van der Waals surface area contributed by atoms with Crippen molar-refractivity contribution in [3.8, 4) is 0 Å². The Hall–Kier alpha value is -2.10. The van der Waals surface area contributed by atoms with Crippen LogP contribution in [0.1, 0.15) is 32.0 Å². The first-order valence-corrected chi connectivity index (χ1v) is 10.7. The average molecular weight is 438 g/mol. The van der Waals surface area contributed by atoms with Gasteiger partial charge in [0.25, 0.3) is 0 Å². The molecule has 0 bridgehead atoms. The van der Waals surface area contributed by atoms with Gasteiger partial charge in [-0.3, -0.25) is 9.59 Å². The van der Waals surface area contributed by atoms with Gasteiger partial charge in [0.2, 0.25) is 11.8 Å². The van der Waals surface area contributed by atoms with Crippen molar-refractivity contribution in [1.82, 2.24) is 14.8 Å². The Bertz CT molecular complexity index is 852. The van der Waals surface area contributed by atoms with Crippen molar-refractivity contribution in [3.63, 3.8) is 0 Å². The Labute approximate surface area is 178 Å². The largest absolute Gasteiger partial charge is 0.376 e.